The Bertz CT molecular complexity index is 479. The number of carbonyl (C=O) groups is 1. The molecule has 0 saturated heterocycles. The fourth-order valence-corrected chi connectivity index (χ4v) is 1.84. The van der Waals surface area contributed by atoms with Crippen molar-refractivity contribution < 1.29 is 15.0 Å². The SMILES string of the molecule is CC(C(=O)Nc1cccc(C#N)c1)N(CCO)CCO. The van der Waals surface area contributed by atoms with Crippen LogP contribution >= 0.6 is 0 Å². The summed E-state index contributed by atoms with van der Waals surface area (Å²) in [4.78, 5) is 13.8. The van der Waals surface area contributed by atoms with Crippen molar-refractivity contribution in [3.05, 3.63) is 29.8 Å². The van der Waals surface area contributed by atoms with Gasteiger partial charge in [0, 0.05) is 18.8 Å². The first-order valence-electron chi connectivity index (χ1n) is 6.39. The lowest BCUT2D eigenvalue weighted by Crippen LogP contribution is -2.44. The third-order valence-corrected chi connectivity index (χ3v) is 2.96. The van der Waals surface area contributed by atoms with E-state index in [0.717, 1.165) is 0 Å². The zero-order chi connectivity index (χ0) is 15.0. The summed E-state index contributed by atoms with van der Waals surface area (Å²) in [5, 5.41) is 29.4. The monoisotopic (exact) mass is 277 g/mol. The van der Waals surface area contributed by atoms with Gasteiger partial charge in [-0.15, -0.1) is 0 Å². The molecule has 1 unspecified atom stereocenters. The molecule has 0 radical (unpaired) electrons. The van der Waals surface area contributed by atoms with Gasteiger partial charge in [-0.25, -0.2) is 0 Å². The Morgan fingerprint density at radius 2 is 2.05 bits per heavy atom. The second kappa shape index (κ2) is 8.27. The second-order valence-electron chi connectivity index (χ2n) is 4.34. The Morgan fingerprint density at radius 1 is 1.40 bits per heavy atom. The van der Waals surface area contributed by atoms with Gasteiger partial charge < -0.3 is 15.5 Å². The van der Waals surface area contributed by atoms with Crippen LogP contribution < -0.4 is 5.32 Å². The molecule has 0 aromatic heterocycles. The van der Waals surface area contributed by atoms with Crippen LogP contribution in [0.15, 0.2) is 24.3 Å². The van der Waals surface area contributed by atoms with Crippen molar-refractivity contribution in [2.24, 2.45) is 0 Å². The first-order chi connectivity index (χ1) is 9.62. The lowest BCUT2D eigenvalue weighted by molar-refractivity contribution is -0.121. The number of aliphatic hydroxyl groups is 2. The Kier molecular flexibility index (Phi) is 6.67. The maximum absolute atomic E-state index is 12.1. The standard InChI is InChI=1S/C14H19N3O3/c1-11(17(5-7-18)6-8-19)14(20)16-13-4-2-3-12(9-13)10-15/h2-4,9,11,18-19H,5-8H2,1H3,(H,16,20). The molecule has 0 aliphatic heterocycles. The van der Waals surface area contributed by atoms with Crippen LogP contribution in [0.5, 0.6) is 0 Å². The van der Waals surface area contributed by atoms with E-state index < -0.39 is 6.04 Å². The molecule has 0 bridgehead atoms. The number of nitrogens with zero attached hydrogens (tertiary/aromatic N) is 2. The maximum atomic E-state index is 12.1. The summed E-state index contributed by atoms with van der Waals surface area (Å²) in [6, 6.07) is 8.16. The number of hydrogen-bond donors (Lipinski definition) is 3. The van der Waals surface area contributed by atoms with Gasteiger partial charge in [-0.2, -0.15) is 5.26 Å². The number of carbonyl (C=O) groups excluding carboxylic acids is 1. The molecule has 0 aliphatic carbocycles. The lowest BCUT2D eigenvalue weighted by Gasteiger charge is -2.26. The van der Waals surface area contributed by atoms with Crippen LogP contribution in [0.25, 0.3) is 0 Å². The molecule has 3 N–H and O–H groups in total. The maximum Gasteiger partial charge on any atom is 0.241 e. The van der Waals surface area contributed by atoms with Crippen LogP contribution in [0.4, 0.5) is 5.69 Å². The van der Waals surface area contributed by atoms with Gasteiger partial charge >= 0.3 is 0 Å². The molecule has 0 saturated carbocycles. The third kappa shape index (κ3) is 4.63. The van der Waals surface area contributed by atoms with Gasteiger partial charge in [-0.1, -0.05) is 6.07 Å². The highest BCUT2D eigenvalue weighted by molar-refractivity contribution is 5.94. The minimum absolute atomic E-state index is 0.0818. The van der Waals surface area contributed by atoms with Crippen LogP contribution in [-0.4, -0.2) is 53.4 Å². The minimum atomic E-state index is -0.486. The number of hydrogen-bond acceptors (Lipinski definition) is 5. The molecule has 1 rings (SSSR count). The predicted molar refractivity (Wildman–Crippen MR) is 75.0 cm³/mol. The molecule has 1 aromatic carbocycles. The summed E-state index contributed by atoms with van der Waals surface area (Å²) in [6.45, 7) is 2.17. The van der Waals surface area contributed by atoms with E-state index in [0.29, 0.717) is 24.3 Å². The van der Waals surface area contributed by atoms with Gasteiger partial charge in [-0.05, 0) is 25.1 Å². The van der Waals surface area contributed by atoms with Crippen molar-refractivity contribution >= 4 is 11.6 Å². The number of amides is 1. The summed E-state index contributed by atoms with van der Waals surface area (Å²) >= 11 is 0. The number of rotatable bonds is 7. The number of anilines is 1. The van der Waals surface area contributed by atoms with Crippen LogP contribution in [0, 0.1) is 11.3 Å². The zero-order valence-electron chi connectivity index (χ0n) is 11.4. The van der Waals surface area contributed by atoms with Crippen LogP contribution in [0.2, 0.25) is 0 Å². The summed E-state index contributed by atoms with van der Waals surface area (Å²) < 4.78 is 0. The van der Waals surface area contributed by atoms with E-state index in [9.17, 15) is 4.79 Å². The van der Waals surface area contributed by atoms with Crippen molar-refractivity contribution in [3.63, 3.8) is 0 Å². The van der Waals surface area contributed by atoms with E-state index in [1.807, 2.05) is 6.07 Å². The Balaban J connectivity index is 2.70. The summed E-state index contributed by atoms with van der Waals surface area (Å²) in [5.74, 6) is -0.248. The predicted octanol–water partition coefficient (Wildman–Crippen LogP) is 0.172. The lowest BCUT2D eigenvalue weighted by atomic mass is 10.2. The largest absolute Gasteiger partial charge is 0.395 e. The highest BCUT2D eigenvalue weighted by Crippen LogP contribution is 2.11. The summed E-state index contributed by atoms with van der Waals surface area (Å²) in [5.41, 5.74) is 1.02. The molecule has 0 heterocycles. The molecule has 0 aliphatic rings. The average Bonchev–Trinajstić information content (AvgIpc) is 2.46. The molecule has 0 fully saturated rings. The Hall–Kier alpha value is -1.94. The van der Waals surface area contributed by atoms with E-state index in [1.165, 1.54) is 0 Å². The summed E-state index contributed by atoms with van der Waals surface area (Å²) in [6.07, 6.45) is 0. The molecule has 1 atom stereocenters. The van der Waals surface area contributed by atoms with Crippen LogP contribution in [-0.2, 0) is 4.79 Å². The second-order valence-corrected chi connectivity index (χ2v) is 4.34. The van der Waals surface area contributed by atoms with E-state index in [-0.39, 0.29) is 19.1 Å². The molecule has 20 heavy (non-hydrogen) atoms. The number of nitriles is 1. The van der Waals surface area contributed by atoms with Crippen LogP contribution in [0.3, 0.4) is 0 Å². The van der Waals surface area contributed by atoms with Gasteiger partial charge in [0.25, 0.3) is 0 Å². The molecule has 6 heteroatoms. The van der Waals surface area contributed by atoms with Crippen molar-refractivity contribution in [1.82, 2.24) is 4.90 Å². The van der Waals surface area contributed by atoms with E-state index in [1.54, 1.807) is 36.1 Å². The first-order valence-corrected chi connectivity index (χ1v) is 6.39. The smallest absolute Gasteiger partial charge is 0.241 e. The fraction of sp³-hybridized carbons (Fsp3) is 0.429. The van der Waals surface area contributed by atoms with Crippen molar-refractivity contribution in [3.8, 4) is 6.07 Å². The van der Waals surface area contributed by atoms with Crippen LogP contribution in [0.1, 0.15) is 12.5 Å². The average molecular weight is 277 g/mol. The van der Waals surface area contributed by atoms with Gasteiger partial charge in [-0.3, -0.25) is 9.69 Å². The highest BCUT2D eigenvalue weighted by atomic mass is 16.3. The van der Waals surface area contributed by atoms with Crippen molar-refractivity contribution in [1.29, 1.82) is 5.26 Å². The molecule has 1 aromatic rings. The quantitative estimate of drug-likeness (QED) is 0.660. The molecular formula is C14H19N3O3. The van der Waals surface area contributed by atoms with E-state index in [4.69, 9.17) is 15.5 Å². The van der Waals surface area contributed by atoms with Gasteiger partial charge in [0.05, 0.1) is 30.9 Å². The number of benzene rings is 1. The van der Waals surface area contributed by atoms with Gasteiger partial charge in [0.2, 0.25) is 5.91 Å². The van der Waals surface area contributed by atoms with Gasteiger partial charge in [0.15, 0.2) is 0 Å². The molecular weight excluding hydrogens is 258 g/mol. The van der Waals surface area contributed by atoms with Crippen molar-refractivity contribution in [2.45, 2.75) is 13.0 Å². The summed E-state index contributed by atoms with van der Waals surface area (Å²) in [7, 11) is 0. The molecule has 1 amide bonds. The number of nitrogens with one attached hydrogen (secondary N) is 1. The first kappa shape index (κ1) is 16.1. The molecule has 0 spiro atoms. The highest BCUT2D eigenvalue weighted by Gasteiger charge is 2.20. The molecule has 108 valence electrons. The third-order valence-electron chi connectivity index (χ3n) is 2.96. The normalized spacial score (nSPS) is 11.9. The number of aliphatic hydroxyl groups excluding tert-OH is 2. The van der Waals surface area contributed by atoms with E-state index in [2.05, 4.69) is 5.32 Å². The van der Waals surface area contributed by atoms with Gasteiger partial charge in [0.1, 0.15) is 0 Å². The fourth-order valence-electron chi connectivity index (χ4n) is 1.84. The van der Waals surface area contributed by atoms with E-state index >= 15 is 0 Å². The molecule has 6 nitrogen and oxygen atoms in total. The Morgan fingerprint density at radius 3 is 2.60 bits per heavy atom. The minimum Gasteiger partial charge on any atom is -0.395 e. The Labute approximate surface area is 118 Å². The van der Waals surface area contributed by atoms with Crippen molar-refractivity contribution in [2.75, 3.05) is 31.6 Å². The zero-order valence-corrected chi connectivity index (χ0v) is 11.4. The topological polar surface area (TPSA) is 96.6 Å².